The molecule has 1 saturated heterocycles. The van der Waals surface area contributed by atoms with E-state index in [0.717, 1.165) is 24.0 Å². The molecule has 3 rings (SSSR count). The van der Waals surface area contributed by atoms with Crippen molar-refractivity contribution in [1.82, 2.24) is 19.9 Å². The Balaban J connectivity index is 1.68. The number of aryl methyl sites for hydroxylation is 2. The molecule has 7 nitrogen and oxygen atoms in total. The molecular weight excluding hydrogens is 380 g/mol. The van der Waals surface area contributed by atoms with Gasteiger partial charge in [0.25, 0.3) is 0 Å². The molecule has 1 atom stereocenters. The maximum absolute atomic E-state index is 12.9. The van der Waals surface area contributed by atoms with Crippen molar-refractivity contribution in [2.45, 2.75) is 59.5 Å². The molecule has 0 bridgehead atoms. The summed E-state index contributed by atoms with van der Waals surface area (Å²) in [6, 6.07) is 8.17. The predicted octanol–water partition coefficient (Wildman–Crippen LogP) is 3.38. The van der Waals surface area contributed by atoms with Gasteiger partial charge in [-0.1, -0.05) is 48.8 Å². The Morgan fingerprint density at radius 2 is 2.00 bits per heavy atom. The number of allylic oxidation sites excluding steroid dienone is 1. The summed E-state index contributed by atoms with van der Waals surface area (Å²) in [5.74, 6) is 0.997. The second kappa shape index (κ2) is 9.69. The van der Waals surface area contributed by atoms with Gasteiger partial charge in [-0.15, -0.1) is 0 Å². The molecule has 1 aliphatic rings. The lowest BCUT2D eigenvalue weighted by atomic mass is 10.0. The molecule has 0 spiro atoms. The Hall–Kier alpha value is -2.96. The molecule has 2 aromatic rings. The predicted molar refractivity (Wildman–Crippen MR) is 114 cm³/mol. The first kappa shape index (κ1) is 21.7. The minimum absolute atomic E-state index is 0.00810. The topological polar surface area (TPSA) is 79.5 Å². The van der Waals surface area contributed by atoms with Gasteiger partial charge in [-0.05, 0) is 30.9 Å². The van der Waals surface area contributed by atoms with E-state index in [1.54, 1.807) is 11.0 Å². The van der Waals surface area contributed by atoms with Crippen LogP contribution in [0.4, 0.5) is 0 Å². The van der Waals surface area contributed by atoms with Gasteiger partial charge in [0.05, 0.1) is 12.6 Å². The number of rotatable bonds is 7. The number of benzene rings is 1. The Bertz CT molecular complexity index is 917. The molecule has 1 aliphatic heterocycles. The summed E-state index contributed by atoms with van der Waals surface area (Å²) in [4.78, 5) is 33.0. The van der Waals surface area contributed by atoms with Gasteiger partial charge in [-0.2, -0.15) is 4.98 Å². The van der Waals surface area contributed by atoms with E-state index in [2.05, 4.69) is 41.3 Å². The quantitative estimate of drug-likeness (QED) is 0.654. The first-order valence-corrected chi connectivity index (χ1v) is 10.6. The molecule has 30 heavy (non-hydrogen) atoms. The fourth-order valence-corrected chi connectivity index (χ4v) is 3.74. The van der Waals surface area contributed by atoms with E-state index in [4.69, 9.17) is 4.52 Å². The minimum atomic E-state index is -0.0541. The van der Waals surface area contributed by atoms with Crippen LogP contribution in [0.15, 0.2) is 34.9 Å². The molecule has 0 aliphatic carbocycles. The molecule has 0 saturated carbocycles. The van der Waals surface area contributed by atoms with Gasteiger partial charge in [0, 0.05) is 32.5 Å². The van der Waals surface area contributed by atoms with Crippen molar-refractivity contribution in [2.75, 3.05) is 13.1 Å². The number of aromatic nitrogens is 2. The first-order valence-electron chi connectivity index (χ1n) is 10.6. The average molecular weight is 411 g/mol. The molecule has 160 valence electrons. The van der Waals surface area contributed by atoms with Crippen LogP contribution in [0.2, 0.25) is 0 Å². The standard InChI is InChI=1S/C23H30N4O3/c1-5-18(19-9-7-16(3)8-10-19)13-23(29)26-12-11-20(14-26)27(17(4)28)15-21-24-22(6-2)30-25-21/h7-10,13,20H,5-6,11-12,14-15H2,1-4H3. The van der Waals surface area contributed by atoms with Crippen molar-refractivity contribution in [3.05, 3.63) is 53.2 Å². The van der Waals surface area contributed by atoms with E-state index >= 15 is 0 Å². The third-order valence-corrected chi connectivity index (χ3v) is 5.55. The van der Waals surface area contributed by atoms with Crippen LogP contribution in [0.1, 0.15) is 56.5 Å². The van der Waals surface area contributed by atoms with Crippen LogP contribution in [-0.4, -0.2) is 50.9 Å². The number of carbonyl (C=O) groups excluding carboxylic acids is 2. The Morgan fingerprint density at radius 1 is 1.27 bits per heavy atom. The van der Waals surface area contributed by atoms with E-state index in [0.29, 0.717) is 37.8 Å². The summed E-state index contributed by atoms with van der Waals surface area (Å²) in [5, 5.41) is 3.95. The second-order valence-electron chi connectivity index (χ2n) is 7.72. The van der Waals surface area contributed by atoms with E-state index < -0.39 is 0 Å². The molecule has 0 N–H and O–H groups in total. The Labute approximate surface area is 177 Å². The number of amides is 2. The number of nitrogens with zero attached hydrogens (tertiary/aromatic N) is 4. The molecule has 0 radical (unpaired) electrons. The highest BCUT2D eigenvalue weighted by molar-refractivity contribution is 5.95. The van der Waals surface area contributed by atoms with E-state index in [1.807, 2.05) is 18.7 Å². The van der Waals surface area contributed by atoms with Crippen molar-refractivity contribution in [2.24, 2.45) is 0 Å². The van der Waals surface area contributed by atoms with Gasteiger partial charge in [0.15, 0.2) is 5.82 Å². The van der Waals surface area contributed by atoms with Gasteiger partial charge >= 0.3 is 0 Å². The van der Waals surface area contributed by atoms with Gasteiger partial charge in [-0.25, -0.2) is 0 Å². The van der Waals surface area contributed by atoms with Crippen molar-refractivity contribution < 1.29 is 14.1 Å². The molecule has 1 fully saturated rings. The van der Waals surface area contributed by atoms with Crippen LogP contribution in [0, 0.1) is 6.92 Å². The van der Waals surface area contributed by atoms with E-state index in [9.17, 15) is 9.59 Å². The van der Waals surface area contributed by atoms with Crippen molar-refractivity contribution in [1.29, 1.82) is 0 Å². The summed E-state index contributed by atoms with van der Waals surface area (Å²) in [7, 11) is 0. The number of likely N-dealkylation sites (tertiary alicyclic amines) is 1. The van der Waals surface area contributed by atoms with Crippen LogP contribution in [0.3, 0.4) is 0 Å². The van der Waals surface area contributed by atoms with Crippen molar-refractivity contribution >= 4 is 17.4 Å². The highest BCUT2D eigenvalue weighted by Gasteiger charge is 2.32. The molecular formula is C23H30N4O3. The smallest absolute Gasteiger partial charge is 0.246 e. The normalized spacial score (nSPS) is 16.7. The number of hydrogen-bond donors (Lipinski definition) is 0. The van der Waals surface area contributed by atoms with Gasteiger partial charge in [0.1, 0.15) is 0 Å². The van der Waals surface area contributed by atoms with Crippen molar-refractivity contribution in [3.63, 3.8) is 0 Å². The largest absolute Gasteiger partial charge is 0.339 e. The zero-order valence-corrected chi connectivity index (χ0v) is 18.2. The third kappa shape index (κ3) is 5.14. The lowest BCUT2D eigenvalue weighted by Gasteiger charge is -2.26. The van der Waals surface area contributed by atoms with Crippen LogP contribution >= 0.6 is 0 Å². The zero-order chi connectivity index (χ0) is 21.7. The minimum Gasteiger partial charge on any atom is -0.339 e. The molecule has 1 unspecified atom stereocenters. The Kier molecular flexibility index (Phi) is 7.03. The van der Waals surface area contributed by atoms with Crippen LogP contribution in [0.5, 0.6) is 0 Å². The number of carbonyl (C=O) groups is 2. The Morgan fingerprint density at radius 3 is 2.60 bits per heavy atom. The summed E-state index contributed by atoms with van der Waals surface area (Å²) in [6.07, 6.45) is 3.91. The summed E-state index contributed by atoms with van der Waals surface area (Å²) < 4.78 is 5.15. The van der Waals surface area contributed by atoms with Gasteiger partial charge in [-0.3, -0.25) is 9.59 Å². The van der Waals surface area contributed by atoms with Crippen LogP contribution in [-0.2, 0) is 22.6 Å². The summed E-state index contributed by atoms with van der Waals surface area (Å²) >= 11 is 0. The lowest BCUT2D eigenvalue weighted by molar-refractivity contribution is -0.132. The maximum Gasteiger partial charge on any atom is 0.246 e. The van der Waals surface area contributed by atoms with Crippen LogP contribution in [0.25, 0.3) is 5.57 Å². The second-order valence-corrected chi connectivity index (χ2v) is 7.72. The zero-order valence-electron chi connectivity index (χ0n) is 18.2. The molecule has 2 heterocycles. The van der Waals surface area contributed by atoms with E-state index in [1.165, 1.54) is 12.5 Å². The highest BCUT2D eigenvalue weighted by atomic mass is 16.5. The molecule has 1 aromatic carbocycles. The van der Waals surface area contributed by atoms with Gasteiger partial charge in [0.2, 0.25) is 17.7 Å². The molecule has 1 aromatic heterocycles. The average Bonchev–Trinajstić information content (AvgIpc) is 3.40. The van der Waals surface area contributed by atoms with Gasteiger partial charge < -0.3 is 14.3 Å². The summed E-state index contributed by atoms with van der Waals surface area (Å²) in [5.41, 5.74) is 3.28. The van der Waals surface area contributed by atoms with Crippen molar-refractivity contribution in [3.8, 4) is 0 Å². The monoisotopic (exact) mass is 410 g/mol. The fourth-order valence-electron chi connectivity index (χ4n) is 3.74. The fraction of sp³-hybridized carbons (Fsp3) is 0.478. The lowest BCUT2D eigenvalue weighted by Crippen LogP contribution is -2.41. The van der Waals surface area contributed by atoms with E-state index in [-0.39, 0.29) is 17.9 Å². The summed E-state index contributed by atoms with van der Waals surface area (Å²) in [6.45, 7) is 9.02. The maximum atomic E-state index is 12.9. The first-order chi connectivity index (χ1) is 14.4. The number of hydrogen-bond acceptors (Lipinski definition) is 5. The molecule has 2 amide bonds. The van der Waals surface area contributed by atoms with Crippen LogP contribution < -0.4 is 0 Å². The third-order valence-electron chi connectivity index (χ3n) is 5.55. The molecule has 7 heteroatoms. The SMILES string of the molecule is CCC(=CC(=O)N1CCC(N(Cc2noc(CC)n2)C(C)=O)C1)c1ccc(C)cc1. The highest BCUT2D eigenvalue weighted by Crippen LogP contribution is 2.22.